The van der Waals surface area contributed by atoms with Crippen molar-refractivity contribution in [3.8, 4) is 5.69 Å². The fourth-order valence-electron chi connectivity index (χ4n) is 2.43. The number of pyridine rings is 1. The van der Waals surface area contributed by atoms with Crippen LogP contribution in [0.4, 0.5) is 10.8 Å². The minimum atomic E-state index is 0.761. The summed E-state index contributed by atoms with van der Waals surface area (Å²) in [4.78, 5) is 4.58. The van der Waals surface area contributed by atoms with Crippen LogP contribution in [0.15, 0.2) is 42.6 Å². The molecule has 0 saturated heterocycles. The molecule has 4 aromatic rings. The predicted molar refractivity (Wildman–Crippen MR) is 91.5 cm³/mol. The lowest BCUT2D eigenvalue weighted by Crippen LogP contribution is -1.97. The highest BCUT2D eigenvalue weighted by Gasteiger charge is 2.11. The Morgan fingerprint density at radius 3 is 2.65 bits per heavy atom. The summed E-state index contributed by atoms with van der Waals surface area (Å²) in [7, 11) is 0. The van der Waals surface area contributed by atoms with Gasteiger partial charge in [-0.1, -0.05) is 29.5 Å². The van der Waals surface area contributed by atoms with E-state index in [2.05, 4.69) is 25.6 Å². The van der Waals surface area contributed by atoms with Crippen molar-refractivity contribution >= 4 is 33.2 Å². The lowest BCUT2D eigenvalue weighted by Gasteiger charge is -2.04. The predicted octanol–water partition coefficient (Wildman–Crippen LogP) is 3.63. The minimum absolute atomic E-state index is 0.761. The highest BCUT2D eigenvalue weighted by molar-refractivity contribution is 7.15. The molecule has 0 fully saturated rings. The number of aromatic nitrogens is 5. The van der Waals surface area contributed by atoms with Crippen LogP contribution in [0.25, 0.3) is 16.7 Å². The van der Waals surface area contributed by atoms with Gasteiger partial charge in [0.15, 0.2) is 5.65 Å². The van der Waals surface area contributed by atoms with Crippen LogP contribution in [0.3, 0.4) is 0 Å². The van der Waals surface area contributed by atoms with E-state index in [1.165, 1.54) is 11.3 Å². The van der Waals surface area contributed by atoms with Gasteiger partial charge in [0.25, 0.3) is 0 Å². The van der Waals surface area contributed by atoms with E-state index in [4.69, 9.17) is 0 Å². The van der Waals surface area contributed by atoms with Crippen molar-refractivity contribution in [2.75, 3.05) is 5.32 Å². The Morgan fingerprint density at radius 2 is 1.91 bits per heavy atom. The smallest absolute Gasteiger partial charge is 0.210 e. The Bertz CT molecular complexity index is 973. The molecule has 3 aromatic heterocycles. The number of aryl methyl sites for hydroxylation is 2. The monoisotopic (exact) mass is 322 g/mol. The lowest BCUT2D eigenvalue weighted by atomic mass is 10.2. The summed E-state index contributed by atoms with van der Waals surface area (Å²) >= 11 is 1.51. The first-order valence-electron chi connectivity index (χ1n) is 7.18. The molecule has 114 valence electrons. The second-order valence-electron chi connectivity index (χ2n) is 5.18. The summed E-state index contributed by atoms with van der Waals surface area (Å²) in [5, 5.41) is 18.6. The van der Waals surface area contributed by atoms with Crippen LogP contribution in [0.5, 0.6) is 0 Å². The molecule has 4 rings (SSSR count). The molecule has 0 aliphatic carbocycles. The van der Waals surface area contributed by atoms with E-state index in [1.807, 2.05) is 54.9 Å². The fourth-order valence-corrected chi connectivity index (χ4v) is 3.04. The van der Waals surface area contributed by atoms with Crippen LogP contribution in [0.2, 0.25) is 0 Å². The summed E-state index contributed by atoms with van der Waals surface area (Å²) in [6, 6.07) is 12.0. The molecule has 1 aromatic carbocycles. The van der Waals surface area contributed by atoms with Crippen molar-refractivity contribution in [1.29, 1.82) is 0 Å². The van der Waals surface area contributed by atoms with Crippen molar-refractivity contribution in [2.45, 2.75) is 13.8 Å². The SMILES string of the molecule is Cc1nnc(Nc2cnc3c(c2)c(C)nn3-c2ccccc2)s1. The van der Waals surface area contributed by atoms with Gasteiger partial charge in [-0.2, -0.15) is 5.10 Å². The summed E-state index contributed by atoms with van der Waals surface area (Å²) < 4.78 is 1.86. The molecule has 0 unspecified atom stereocenters. The topological polar surface area (TPSA) is 68.5 Å². The molecule has 0 amide bonds. The highest BCUT2D eigenvalue weighted by atomic mass is 32.1. The minimum Gasteiger partial charge on any atom is -0.329 e. The van der Waals surface area contributed by atoms with Crippen molar-refractivity contribution < 1.29 is 0 Å². The van der Waals surface area contributed by atoms with Gasteiger partial charge in [-0.05, 0) is 32.0 Å². The summed E-state index contributed by atoms with van der Waals surface area (Å²) in [5.74, 6) is 0. The zero-order chi connectivity index (χ0) is 15.8. The Morgan fingerprint density at radius 1 is 1.09 bits per heavy atom. The van der Waals surface area contributed by atoms with Gasteiger partial charge in [-0.15, -0.1) is 10.2 Å². The number of para-hydroxylation sites is 1. The number of hydrogen-bond donors (Lipinski definition) is 1. The molecule has 6 nitrogen and oxygen atoms in total. The Labute approximate surface area is 136 Å². The largest absolute Gasteiger partial charge is 0.329 e. The molecule has 7 heteroatoms. The van der Waals surface area contributed by atoms with Gasteiger partial charge in [0, 0.05) is 5.39 Å². The maximum atomic E-state index is 4.61. The van der Waals surface area contributed by atoms with Crippen molar-refractivity contribution in [3.05, 3.63) is 53.3 Å². The quantitative estimate of drug-likeness (QED) is 0.624. The van der Waals surface area contributed by atoms with Gasteiger partial charge in [0.1, 0.15) is 5.01 Å². The van der Waals surface area contributed by atoms with E-state index < -0.39 is 0 Å². The highest BCUT2D eigenvalue weighted by Crippen LogP contribution is 2.25. The number of hydrogen-bond acceptors (Lipinski definition) is 6. The maximum absolute atomic E-state index is 4.61. The second-order valence-corrected chi connectivity index (χ2v) is 6.36. The molecule has 0 aliphatic heterocycles. The van der Waals surface area contributed by atoms with E-state index in [1.54, 1.807) is 6.20 Å². The zero-order valence-electron chi connectivity index (χ0n) is 12.7. The Hall–Kier alpha value is -2.80. The standard InChI is InChI=1S/C16H14N6S/c1-10-14-8-12(18-16-20-19-11(2)23-16)9-17-15(14)22(21-10)13-6-4-3-5-7-13/h3-9H,1-2H3,(H,18,20). The molecule has 0 aliphatic rings. The molecule has 0 spiro atoms. The van der Waals surface area contributed by atoms with Crippen LogP contribution < -0.4 is 5.32 Å². The molecular weight excluding hydrogens is 308 g/mol. The first kappa shape index (κ1) is 13.8. The third-order valence-electron chi connectivity index (χ3n) is 3.49. The number of nitrogens with zero attached hydrogens (tertiary/aromatic N) is 5. The first-order chi connectivity index (χ1) is 11.2. The molecule has 23 heavy (non-hydrogen) atoms. The molecule has 0 saturated carbocycles. The summed E-state index contributed by atoms with van der Waals surface area (Å²) in [6.07, 6.45) is 1.79. The second kappa shape index (κ2) is 5.44. The van der Waals surface area contributed by atoms with E-state index in [0.717, 1.165) is 38.2 Å². The first-order valence-corrected chi connectivity index (χ1v) is 8.00. The average Bonchev–Trinajstić information content (AvgIpc) is 3.12. The van der Waals surface area contributed by atoms with Gasteiger partial charge in [-0.3, -0.25) is 0 Å². The van der Waals surface area contributed by atoms with Crippen molar-refractivity contribution in [3.63, 3.8) is 0 Å². The van der Waals surface area contributed by atoms with Crippen LogP contribution >= 0.6 is 11.3 Å². The molecular formula is C16H14N6S. The Balaban J connectivity index is 1.77. The van der Waals surface area contributed by atoms with Crippen LogP contribution in [0, 0.1) is 13.8 Å². The third-order valence-corrected chi connectivity index (χ3v) is 4.24. The van der Waals surface area contributed by atoms with E-state index in [9.17, 15) is 0 Å². The van der Waals surface area contributed by atoms with Gasteiger partial charge < -0.3 is 5.32 Å². The fraction of sp³-hybridized carbons (Fsp3) is 0.125. The summed E-state index contributed by atoms with van der Waals surface area (Å²) in [5.41, 5.74) is 3.66. The number of fused-ring (bicyclic) bond motifs is 1. The van der Waals surface area contributed by atoms with Gasteiger partial charge >= 0.3 is 0 Å². The zero-order valence-corrected chi connectivity index (χ0v) is 13.5. The average molecular weight is 322 g/mol. The van der Waals surface area contributed by atoms with Crippen LogP contribution in [0.1, 0.15) is 10.7 Å². The number of rotatable bonds is 3. The van der Waals surface area contributed by atoms with Gasteiger partial charge in [0.05, 0.1) is 23.3 Å². The number of nitrogens with one attached hydrogen (secondary N) is 1. The molecule has 3 heterocycles. The molecule has 1 N–H and O–H groups in total. The van der Waals surface area contributed by atoms with Crippen molar-refractivity contribution in [1.82, 2.24) is 25.0 Å². The van der Waals surface area contributed by atoms with Crippen molar-refractivity contribution in [2.24, 2.45) is 0 Å². The molecule has 0 atom stereocenters. The van der Waals surface area contributed by atoms with Crippen LogP contribution in [-0.2, 0) is 0 Å². The van der Waals surface area contributed by atoms with Gasteiger partial charge in [0.2, 0.25) is 5.13 Å². The van der Waals surface area contributed by atoms with E-state index in [0.29, 0.717) is 0 Å². The summed E-state index contributed by atoms with van der Waals surface area (Å²) in [6.45, 7) is 3.92. The molecule has 0 bridgehead atoms. The van der Waals surface area contributed by atoms with Crippen LogP contribution in [-0.4, -0.2) is 25.0 Å². The normalized spacial score (nSPS) is 11.0. The lowest BCUT2D eigenvalue weighted by molar-refractivity contribution is 0.878. The van der Waals surface area contributed by atoms with E-state index in [-0.39, 0.29) is 0 Å². The number of benzene rings is 1. The number of anilines is 2. The third kappa shape index (κ3) is 2.55. The molecule has 0 radical (unpaired) electrons. The maximum Gasteiger partial charge on any atom is 0.210 e. The Kier molecular flexibility index (Phi) is 3.27. The van der Waals surface area contributed by atoms with E-state index >= 15 is 0 Å². The van der Waals surface area contributed by atoms with Gasteiger partial charge in [-0.25, -0.2) is 9.67 Å².